The zero-order valence-corrected chi connectivity index (χ0v) is 6.05. The highest BCUT2D eigenvalue weighted by atomic mass is 16.1. The van der Waals surface area contributed by atoms with E-state index in [2.05, 4.69) is 4.98 Å². The van der Waals surface area contributed by atoms with E-state index in [0.29, 0.717) is 5.56 Å². The van der Waals surface area contributed by atoms with E-state index in [1.54, 1.807) is 6.92 Å². The van der Waals surface area contributed by atoms with Gasteiger partial charge in [-0.05, 0) is 6.92 Å². The van der Waals surface area contributed by atoms with Gasteiger partial charge in [0.25, 0.3) is 5.91 Å². The average molecular weight is 152 g/mol. The number of aryl methyl sites for hydroxylation is 1. The maximum atomic E-state index is 10.9. The minimum Gasteiger partial charge on any atom is -0.364 e. The van der Waals surface area contributed by atoms with Crippen molar-refractivity contribution < 1.29 is 4.79 Å². The molecule has 0 fully saturated rings. The molecule has 0 aliphatic heterocycles. The Morgan fingerprint density at radius 2 is 2.27 bits per heavy atom. The second-order valence-corrected chi connectivity index (χ2v) is 2.26. The van der Waals surface area contributed by atoms with E-state index < -0.39 is 5.91 Å². The first-order chi connectivity index (χ1) is 5.11. The first kappa shape index (κ1) is 7.53. The molecule has 1 aromatic rings. The molecule has 0 aliphatic carbocycles. The molecule has 1 heterocycles. The molecule has 1 amide bonds. The van der Waals surface area contributed by atoms with E-state index in [0.717, 1.165) is 0 Å². The van der Waals surface area contributed by atoms with Gasteiger partial charge in [0, 0.05) is 17.8 Å². The third-order valence-electron chi connectivity index (χ3n) is 1.37. The fourth-order valence-electron chi connectivity index (χ4n) is 0.686. The highest BCUT2D eigenvalue weighted by Crippen LogP contribution is 1.89. The molecule has 0 saturated heterocycles. The molecule has 0 spiro atoms. The molecule has 0 aromatic carbocycles. The number of aromatic amines is 1. The normalized spacial score (nSPS) is 9.55. The number of nitrogens with one attached hydrogen (secondary N) is 1. The van der Waals surface area contributed by atoms with Crippen LogP contribution in [0.1, 0.15) is 16.1 Å². The summed E-state index contributed by atoms with van der Waals surface area (Å²) in [5.74, 6) is -0.623. The van der Waals surface area contributed by atoms with Gasteiger partial charge in [0.15, 0.2) is 5.43 Å². The van der Waals surface area contributed by atoms with E-state index in [-0.39, 0.29) is 11.1 Å². The Balaban J connectivity index is 3.26. The lowest BCUT2D eigenvalue weighted by Gasteiger charge is -1.94. The number of hydrogen-bond acceptors (Lipinski definition) is 2. The fraction of sp³-hybridized carbons (Fsp3) is 0.143. The molecule has 11 heavy (non-hydrogen) atoms. The molecule has 4 nitrogen and oxygen atoms in total. The van der Waals surface area contributed by atoms with Crippen molar-refractivity contribution in [1.29, 1.82) is 0 Å². The Labute approximate surface area is 63.0 Å². The highest BCUT2D eigenvalue weighted by molar-refractivity contribution is 5.90. The molecule has 1 rings (SSSR count). The largest absolute Gasteiger partial charge is 0.364 e. The number of nitrogens with two attached hydrogens (primary N) is 1. The van der Waals surface area contributed by atoms with Gasteiger partial charge in [-0.3, -0.25) is 9.59 Å². The smallest absolute Gasteiger partial charge is 0.265 e. The molecule has 0 bridgehead atoms. The molecular formula is C7H8N2O2. The van der Waals surface area contributed by atoms with Gasteiger partial charge in [0.05, 0.1) is 0 Å². The minimum absolute atomic E-state index is 0.139. The number of aromatic nitrogens is 1. The molecule has 4 heteroatoms. The lowest BCUT2D eigenvalue weighted by Crippen LogP contribution is -2.17. The van der Waals surface area contributed by atoms with Crippen LogP contribution in [0.2, 0.25) is 0 Å². The van der Waals surface area contributed by atoms with Gasteiger partial charge in [0.1, 0.15) is 5.69 Å². The standard InChI is InChI=1S/C7H8N2O2/c1-4-3-9-5(7(8)11)2-6(4)10/h2-3H,1H3,(H2,8,11)(H,9,10). The Kier molecular flexibility index (Phi) is 1.76. The van der Waals surface area contributed by atoms with E-state index in [9.17, 15) is 9.59 Å². The molecule has 0 atom stereocenters. The molecule has 3 N–H and O–H groups in total. The van der Waals surface area contributed by atoms with Gasteiger partial charge in [-0.25, -0.2) is 0 Å². The number of H-pyrrole nitrogens is 1. The third-order valence-corrected chi connectivity index (χ3v) is 1.37. The summed E-state index contributed by atoms with van der Waals surface area (Å²) in [5, 5.41) is 0. The van der Waals surface area contributed by atoms with E-state index in [4.69, 9.17) is 5.73 Å². The van der Waals surface area contributed by atoms with E-state index in [1.165, 1.54) is 12.3 Å². The maximum absolute atomic E-state index is 10.9. The van der Waals surface area contributed by atoms with Crippen LogP contribution in [0.5, 0.6) is 0 Å². The van der Waals surface area contributed by atoms with Crippen molar-refractivity contribution in [2.24, 2.45) is 5.73 Å². The van der Waals surface area contributed by atoms with Crippen molar-refractivity contribution in [3.05, 3.63) is 33.7 Å². The summed E-state index contributed by atoms with van der Waals surface area (Å²) < 4.78 is 0. The SMILES string of the molecule is Cc1c[nH]c(C(N)=O)cc1=O. The molecule has 58 valence electrons. The van der Waals surface area contributed by atoms with Crippen LogP contribution in [-0.2, 0) is 0 Å². The highest BCUT2D eigenvalue weighted by Gasteiger charge is 2.00. The van der Waals surface area contributed by atoms with Crippen LogP contribution in [0.3, 0.4) is 0 Å². The molecule has 0 radical (unpaired) electrons. The van der Waals surface area contributed by atoms with Crippen molar-refractivity contribution in [3.63, 3.8) is 0 Å². The van der Waals surface area contributed by atoms with Crippen molar-refractivity contribution in [3.8, 4) is 0 Å². The Morgan fingerprint density at radius 1 is 1.64 bits per heavy atom. The van der Waals surface area contributed by atoms with Crippen molar-refractivity contribution in [2.75, 3.05) is 0 Å². The van der Waals surface area contributed by atoms with Crippen molar-refractivity contribution in [1.82, 2.24) is 4.98 Å². The number of pyridine rings is 1. The molecule has 0 aliphatic rings. The molecule has 0 unspecified atom stereocenters. The van der Waals surface area contributed by atoms with Crippen molar-refractivity contribution >= 4 is 5.91 Å². The monoisotopic (exact) mass is 152 g/mol. The van der Waals surface area contributed by atoms with Crippen LogP contribution in [0.4, 0.5) is 0 Å². The summed E-state index contributed by atoms with van der Waals surface area (Å²) >= 11 is 0. The Morgan fingerprint density at radius 3 is 2.73 bits per heavy atom. The number of carbonyl (C=O) groups is 1. The Hall–Kier alpha value is -1.58. The first-order valence-electron chi connectivity index (χ1n) is 3.10. The maximum Gasteiger partial charge on any atom is 0.265 e. The number of primary amides is 1. The van der Waals surface area contributed by atoms with Crippen LogP contribution in [0.15, 0.2) is 17.1 Å². The van der Waals surface area contributed by atoms with Crippen LogP contribution in [0.25, 0.3) is 0 Å². The second-order valence-electron chi connectivity index (χ2n) is 2.26. The molecular weight excluding hydrogens is 144 g/mol. The van der Waals surface area contributed by atoms with Crippen molar-refractivity contribution in [2.45, 2.75) is 6.92 Å². The second kappa shape index (κ2) is 2.57. The predicted octanol–water partition coefficient (Wildman–Crippen LogP) is -0.218. The summed E-state index contributed by atoms with van der Waals surface area (Å²) in [7, 11) is 0. The topological polar surface area (TPSA) is 76.0 Å². The summed E-state index contributed by atoms with van der Waals surface area (Å²) in [6.07, 6.45) is 1.46. The number of carbonyl (C=O) groups excluding carboxylic acids is 1. The van der Waals surface area contributed by atoms with Gasteiger partial charge in [-0.1, -0.05) is 0 Å². The molecule has 1 aromatic heterocycles. The quantitative estimate of drug-likeness (QED) is 0.583. The number of amides is 1. The summed E-state index contributed by atoms with van der Waals surface area (Å²) in [6, 6.07) is 1.19. The van der Waals surface area contributed by atoms with Gasteiger partial charge >= 0.3 is 0 Å². The van der Waals surface area contributed by atoms with Crippen LogP contribution >= 0.6 is 0 Å². The van der Waals surface area contributed by atoms with E-state index in [1.807, 2.05) is 0 Å². The zero-order valence-electron chi connectivity index (χ0n) is 6.05. The van der Waals surface area contributed by atoms with Gasteiger partial charge in [-0.2, -0.15) is 0 Å². The average Bonchev–Trinajstić information content (AvgIpc) is 1.94. The Bertz CT molecular complexity index is 341. The van der Waals surface area contributed by atoms with Gasteiger partial charge < -0.3 is 10.7 Å². The van der Waals surface area contributed by atoms with Gasteiger partial charge in [0.2, 0.25) is 0 Å². The number of hydrogen-bond donors (Lipinski definition) is 2. The van der Waals surface area contributed by atoms with Crippen LogP contribution in [0, 0.1) is 6.92 Å². The molecule has 0 saturated carbocycles. The summed E-state index contributed by atoms with van der Waals surface area (Å²) in [5.41, 5.74) is 5.45. The first-order valence-corrected chi connectivity index (χ1v) is 3.10. The van der Waals surface area contributed by atoms with E-state index >= 15 is 0 Å². The lowest BCUT2D eigenvalue weighted by molar-refractivity contribution is 0.0995. The zero-order chi connectivity index (χ0) is 8.43. The van der Waals surface area contributed by atoms with Crippen LogP contribution < -0.4 is 11.2 Å². The number of rotatable bonds is 1. The van der Waals surface area contributed by atoms with Gasteiger partial charge in [-0.15, -0.1) is 0 Å². The van der Waals surface area contributed by atoms with Crippen LogP contribution in [-0.4, -0.2) is 10.9 Å². The summed E-state index contributed by atoms with van der Waals surface area (Å²) in [4.78, 5) is 24.0. The summed E-state index contributed by atoms with van der Waals surface area (Å²) in [6.45, 7) is 1.66. The lowest BCUT2D eigenvalue weighted by atomic mass is 10.2. The minimum atomic E-state index is -0.623. The third kappa shape index (κ3) is 1.46. The fourth-order valence-corrected chi connectivity index (χ4v) is 0.686. The predicted molar refractivity (Wildman–Crippen MR) is 40.3 cm³/mol.